The van der Waals surface area contributed by atoms with Crippen LogP contribution in [0, 0.1) is 0 Å². The van der Waals surface area contributed by atoms with E-state index in [0.717, 1.165) is 0 Å². The van der Waals surface area contributed by atoms with Crippen molar-refractivity contribution in [2.45, 2.75) is 30.9 Å². The highest BCUT2D eigenvalue weighted by Crippen LogP contribution is 2.38. The maximum absolute atomic E-state index is 13.0. The van der Waals surface area contributed by atoms with Gasteiger partial charge in [0.2, 0.25) is 0 Å². The maximum Gasteiger partial charge on any atom is 0.416 e. The van der Waals surface area contributed by atoms with Crippen molar-refractivity contribution >= 4 is 11.9 Å². The van der Waals surface area contributed by atoms with Crippen LogP contribution in [-0.4, -0.2) is 28.8 Å². The molecule has 0 aliphatic carbocycles. The number of benzene rings is 2. The third kappa shape index (κ3) is 9.55. The van der Waals surface area contributed by atoms with E-state index in [-0.39, 0.29) is 18.2 Å². The topological polar surface area (TPSA) is 110 Å². The van der Waals surface area contributed by atoms with Crippen molar-refractivity contribution in [3.8, 4) is 0 Å². The van der Waals surface area contributed by atoms with Gasteiger partial charge in [0.05, 0.1) is 29.4 Å². The Hall–Kier alpha value is -3.64. The number of ether oxygens (including phenoxy) is 1. The summed E-state index contributed by atoms with van der Waals surface area (Å²) >= 11 is 0. The van der Waals surface area contributed by atoms with E-state index in [1.807, 2.05) is 0 Å². The first-order valence-corrected chi connectivity index (χ1v) is 10.0. The molecule has 0 aliphatic heterocycles. The highest BCUT2D eigenvalue weighted by Gasteiger charge is 2.37. The van der Waals surface area contributed by atoms with Gasteiger partial charge in [-0.15, -0.1) is 6.58 Å². The smallest absolute Gasteiger partial charge is 0.416 e. The molecular formula is C24H23F6NO5. The zero-order valence-corrected chi connectivity index (χ0v) is 18.8. The first-order chi connectivity index (χ1) is 16.5. The highest BCUT2D eigenvalue weighted by molar-refractivity contribution is 5.89. The zero-order chi connectivity index (χ0) is 27.7. The van der Waals surface area contributed by atoms with Crippen LogP contribution in [0.5, 0.6) is 0 Å². The van der Waals surface area contributed by atoms with E-state index < -0.39 is 47.1 Å². The fraction of sp³-hybridized carbons (Fsp3) is 0.250. The van der Waals surface area contributed by atoms with Gasteiger partial charge >= 0.3 is 24.3 Å². The molecule has 196 valence electrons. The van der Waals surface area contributed by atoms with Crippen LogP contribution in [0.1, 0.15) is 35.3 Å². The monoisotopic (exact) mass is 519 g/mol. The lowest BCUT2D eigenvalue weighted by Crippen LogP contribution is -2.39. The van der Waals surface area contributed by atoms with Gasteiger partial charge in [0.15, 0.2) is 0 Å². The summed E-state index contributed by atoms with van der Waals surface area (Å²) in [6, 6.07) is 10.1. The Morgan fingerprint density at radius 1 is 0.917 bits per heavy atom. The van der Waals surface area contributed by atoms with Crippen LogP contribution in [0.2, 0.25) is 0 Å². The van der Waals surface area contributed by atoms with Crippen molar-refractivity contribution in [2.75, 3.05) is 6.61 Å². The second-order valence-corrected chi connectivity index (χ2v) is 7.41. The summed E-state index contributed by atoms with van der Waals surface area (Å²) in [6.45, 7) is 4.83. The Morgan fingerprint density at radius 3 is 1.72 bits per heavy atom. The molecule has 0 fully saturated rings. The van der Waals surface area contributed by atoms with Crippen molar-refractivity contribution < 1.29 is 50.9 Å². The molecule has 12 heteroatoms. The van der Waals surface area contributed by atoms with Gasteiger partial charge in [-0.25, -0.2) is 9.59 Å². The molecule has 0 aliphatic rings. The van der Waals surface area contributed by atoms with Gasteiger partial charge in [0.1, 0.15) is 0 Å². The summed E-state index contributed by atoms with van der Waals surface area (Å²) < 4.78 is 83.6. The summed E-state index contributed by atoms with van der Waals surface area (Å²) in [6.07, 6.45) is -8.36. The average molecular weight is 519 g/mol. The molecule has 0 spiro atoms. The number of carbonyl (C=O) groups is 2. The number of halogens is 6. The predicted octanol–water partition coefficient (Wildman–Crippen LogP) is 5.55. The quantitative estimate of drug-likeness (QED) is 0.240. The minimum Gasteiger partial charge on any atom is -0.478 e. The summed E-state index contributed by atoms with van der Waals surface area (Å²) in [5.41, 5.74) is 2.71. The minimum atomic E-state index is -4.92. The fourth-order valence-electron chi connectivity index (χ4n) is 2.72. The van der Waals surface area contributed by atoms with Gasteiger partial charge in [-0.05, 0) is 36.2 Å². The number of hydrogen-bond donors (Lipinski definition) is 3. The average Bonchev–Trinajstić information content (AvgIpc) is 2.80. The molecule has 36 heavy (non-hydrogen) atoms. The molecule has 0 radical (unpaired) electrons. The maximum atomic E-state index is 13.0. The number of alkyl halides is 6. The van der Waals surface area contributed by atoms with Crippen LogP contribution in [0.25, 0.3) is 0 Å². The third-order valence-electron chi connectivity index (χ3n) is 4.70. The molecule has 0 aromatic heterocycles. The normalized spacial score (nSPS) is 14.3. The van der Waals surface area contributed by atoms with Crippen LogP contribution in [0.3, 0.4) is 0 Å². The molecule has 2 aromatic carbocycles. The van der Waals surface area contributed by atoms with Crippen LogP contribution >= 0.6 is 0 Å². The van der Waals surface area contributed by atoms with E-state index in [0.29, 0.717) is 29.8 Å². The molecule has 2 rings (SSSR count). The Bertz CT molecular complexity index is 1030. The molecule has 4 N–H and O–H groups in total. The number of nitrogens with two attached hydrogens (primary N) is 1. The number of carboxylic acids is 2. The van der Waals surface area contributed by atoms with Crippen molar-refractivity contribution in [3.63, 3.8) is 0 Å². The number of aliphatic carboxylic acids is 2. The molecule has 6 nitrogen and oxygen atoms in total. The molecule has 0 amide bonds. The lowest BCUT2D eigenvalue weighted by Gasteiger charge is -2.28. The van der Waals surface area contributed by atoms with Crippen molar-refractivity contribution in [2.24, 2.45) is 5.73 Å². The minimum absolute atomic E-state index is 0.0805. The summed E-state index contributed by atoms with van der Waals surface area (Å²) in [5.74, 6) is -2.51. The second-order valence-electron chi connectivity index (χ2n) is 7.41. The van der Waals surface area contributed by atoms with E-state index in [2.05, 4.69) is 6.58 Å². The molecular weight excluding hydrogens is 496 g/mol. The fourth-order valence-corrected chi connectivity index (χ4v) is 2.72. The second kappa shape index (κ2) is 12.4. The molecule has 0 saturated heterocycles. The molecule has 0 heterocycles. The highest BCUT2D eigenvalue weighted by atomic mass is 19.4. The largest absolute Gasteiger partial charge is 0.478 e. The van der Waals surface area contributed by atoms with Crippen LogP contribution < -0.4 is 5.73 Å². The van der Waals surface area contributed by atoms with E-state index in [1.54, 1.807) is 30.3 Å². The lowest BCUT2D eigenvalue weighted by atomic mass is 9.92. The summed E-state index contributed by atoms with van der Waals surface area (Å²) in [7, 11) is 0. The number of carboxylic acid groups (broad SMARTS) is 2. The van der Waals surface area contributed by atoms with Crippen LogP contribution in [0.15, 0.2) is 73.3 Å². The first kappa shape index (κ1) is 30.4. The molecule has 2 aromatic rings. The summed E-state index contributed by atoms with van der Waals surface area (Å²) in [5, 5.41) is 15.6. The SMILES string of the molecule is C=CC(N)(CO[C@H](C)c1cc(C(F)(F)F)cc(C(F)(F)F)c1)c1ccccc1.O=C(O)/C=C\C(=O)O. The van der Waals surface area contributed by atoms with E-state index in [1.165, 1.54) is 13.0 Å². The standard InChI is InChI=1S/C20H19F6NO.C4H4O4/c1-3-18(27,15-7-5-4-6-8-15)12-28-13(2)14-9-16(19(21,22)23)11-17(10-14)20(24,25)26;5-3(6)1-2-4(7)8/h3-11,13H,1,12,27H2,2H3;1-2H,(H,5,6)(H,7,8)/b;2-1-/t13-,18?;/m1./s1. The van der Waals surface area contributed by atoms with Crippen molar-refractivity contribution in [3.05, 3.63) is 95.6 Å². The Balaban J connectivity index is 0.000000697. The van der Waals surface area contributed by atoms with Crippen molar-refractivity contribution in [1.82, 2.24) is 0 Å². The number of rotatable bonds is 8. The van der Waals surface area contributed by atoms with Gasteiger partial charge in [-0.1, -0.05) is 36.4 Å². The first-order valence-electron chi connectivity index (χ1n) is 10.0. The summed E-state index contributed by atoms with van der Waals surface area (Å²) in [4.78, 5) is 19.1. The third-order valence-corrected chi connectivity index (χ3v) is 4.70. The molecule has 1 unspecified atom stereocenters. The van der Waals surface area contributed by atoms with Gasteiger partial charge in [-0.3, -0.25) is 0 Å². The van der Waals surface area contributed by atoms with Gasteiger partial charge in [0.25, 0.3) is 0 Å². The Kier molecular flexibility index (Phi) is 10.4. The van der Waals surface area contributed by atoms with Crippen LogP contribution in [0.4, 0.5) is 26.3 Å². The Labute approximate surface area is 202 Å². The van der Waals surface area contributed by atoms with Crippen molar-refractivity contribution in [1.29, 1.82) is 0 Å². The Morgan fingerprint density at radius 2 is 1.36 bits per heavy atom. The van der Waals surface area contributed by atoms with Gasteiger partial charge in [-0.2, -0.15) is 26.3 Å². The van der Waals surface area contributed by atoms with Crippen LogP contribution in [-0.2, 0) is 32.2 Å². The lowest BCUT2D eigenvalue weighted by molar-refractivity contribution is -0.143. The van der Waals surface area contributed by atoms with Gasteiger partial charge < -0.3 is 20.7 Å². The van der Waals surface area contributed by atoms with E-state index in [9.17, 15) is 35.9 Å². The van der Waals surface area contributed by atoms with Gasteiger partial charge in [0, 0.05) is 12.2 Å². The zero-order valence-electron chi connectivity index (χ0n) is 18.8. The predicted molar refractivity (Wildman–Crippen MR) is 118 cm³/mol. The molecule has 0 bridgehead atoms. The number of hydrogen-bond acceptors (Lipinski definition) is 4. The molecule has 2 atom stereocenters. The molecule has 0 saturated carbocycles. The van der Waals surface area contributed by atoms with E-state index in [4.69, 9.17) is 20.7 Å². The van der Waals surface area contributed by atoms with E-state index >= 15 is 0 Å².